The highest BCUT2D eigenvalue weighted by Crippen LogP contribution is 2.26. The number of hydrogen-bond acceptors (Lipinski definition) is 5. The fourth-order valence-corrected chi connectivity index (χ4v) is 1.72. The molecule has 1 heterocycles. The summed E-state index contributed by atoms with van der Waals surface area (Å²) < 4.78 is 0. The summed E-state index contributed by atoms with van der Waals surface area (Å²) in [6.45, 7) is 3.54. The molecular formula is C12H17N3O4. The highest BCUT2D eigenvalue weighted by molar-refractivity contribution is 5.78. The van der Waals surface area contributed by atoms with Gasteiger partial charge in [0.25, 0.3) is 0 Å². The molecule has 0 aliphatic heterocycles. The van der Waals surface area contributed by atoms with E-state index >= 15 is 0 Å². The van der Waals surface area contributed by atoms with Crippen LogP contribution in [0.1, 0.15) is 31.7 Å². The average molecular weight is 267 g/mol. The van der Waals surface area contributed by atoms with Gasteiger partial charge in [0, 0.05) is 11.8 Å². The van der Waals surface area contributed by atoms with Gasteiger partial charge in [0.05, 0.1) is 4.92 Å². The van der Waals surface area contributed by atoms with E-state index in [-0.39, 0.29) is 11.5 Å². The Kier molecular flexibility index (Phi) is 5.23. The number of aryl methyl sites for hydroxylation is 1. The Morgan fingerprint density at radius 3 is 2.84 bits per heavy atom. The second-order valence-corrected chi connectivity index (χ2v) is 4.26. The van der Waals surface area contributed by atoms with Gasteiger partial charge >= 0.3 is 11.7 Å². The van der Waals surface area contributed by atoms with Crippen molar-refractivity contribution in [2.45, 2.75) is 39.2 Å². The monoisotopic (exact) mass is 267 g/mol. The Morgan fingerprint density at radius 1 is 1.63 bits per heavy atom. The molecule has 1 aromatic rings. The second kappa shape index (κ2) is 6.67. The van der Waals surface area contributed by atoms with E-state index in [0.717, 1.165) is 12.8 Å². The van der Waals surface area contributed by atoms with Crippen molar-refractivity contribution in [1.29, 1.82) is 0 Å². The van der Waals surface area contributed by atoms with Crippen molar-refractivity contribution in [2.75, 3.05) is 5.32 Å². The molecule has 7 nitrogen and oxygen atoms in total. The van der Waals surface area contributed by atoms with Gasteiger partial charge in [-0.2, -0.15) is 0 Å². The fourth-order valence-electron chi connectivity index (χ4n) is 1.72. The first-order valence-electron chi connectivity index (χ1n) is 6.06. The highest BCUT2D eigenvalue weighted by Gasteiger charge is 2.24. The molecule has 1 atom stereocenters. The molecule has 0 spiro atoms. The molecule has 0 saturated heterocycles. The average Bonchev–Trinajstić information content (AvgIpc) is 2.33. The third kappa shape index (κ3) is 3.90. The van der Waals surface area contributed by atoms with Gasteiger partial charge in [-0.25, -0.2) is 9.78 Å². The SMILES string of the molecule is CCCCC(Nc1nccc(C)c1[N+](=O)[O-])C(=O)O. The number of aliphatic carboxylic acids is 1. The van der Waals surface area contributed by atoms with Gasteiger partial charge in [0.2, 0.25) is 5.82 Å². The number of hydrogen-bond donors (Lipinski definition) is 2. The maximum atomic E-state index is 11.1. The summed E-state index contributed by atoms with van der Waals surface area (Å²) in [7, 11) is 0. The van der Waals surface area contributed by atoms with Crippen LogP contribution in [-0.4, -0.2) is 27.0 Å². The number of carbonyl (C=O) groups is 1. The lowest BCUT2D eigenvalue weighted by Gasteiger charge is -2.15. The zero-order chi connectivity index (χ0) is 14.4. The molecule has 0 amide bonds. The summed E-state index contributed by atoms with van der Waals surface area (Å²) in [5.74, 6) is -1.03. The first-order valence-corrected chi connectivity index (χ1v) is 6.06. The van der Waals surface area contributed by atoms with Crippen molar-refractivity contribution in [2.24, 2.45) is 0 Å². The molecule has 0 radical (unpaired) electrons. The number of carboxylic acids is 1. The summed E-state index contributed by atoms with van der Waals surface area (Å²) in [5, 5.41) is 22.7. The Morgan fingerprint density at radius 2 is 2.32 bits per heavy atom. The summed E-state index contributed by atoms with van der Waals surface area (Å²) in [6, 6.07) is 0.651. The van der Waals surface area contributed by atoms with Gasteiger partial charge in [-0.1, -0.05) is 19.8 Å². The normalized spacial score (nSPS) is 11.9. The molecular weight excluding hydrogens is 250 g/mol. The lowest BCUT2D eigenvalue weighted by Crippen LogP contribution is -2.30. The third-order valence-corrected chi connectivity index (χ3v) is 2.76. The van der Waals surface area contributed by atoms with E-state index in [1.165, 1.54) is 12.3 Å². The molecule has 0 fully saturated rings. The largest absolute Gasteiger partial charge is 0.480 e. The molecule has 0 saturated carbocycles. The predicted octanol–water partition coefficient (Wildman–Crippen LogP) is 2.35. The summed E-state index contributed by atoms with van der Waals surface area (Å²) in [4.78, 5) is 25.4. The van der Waals surface area contributed by atoms with E-state index in [9.17, 15) is 14.9 Å². The van der Waals surface area contributed by atoms with E-state index in [1.807, 2.05) is 6.92 Å². The van der Waals surface area contributed by atoms with Crippen LogP contribution in [0.2, 0.25) is 0 Å². The summed E-state index contributed by atoms with van der Waals surface area (Å²) in [5.41, 5.74) is 0.271. The van der Waals surface area contributed by atoms with Gasteiger partial charge in [0.1, 0.15) is 6.04 Å². The van der Waals surface area contributed by atoms with E-state index in [2.05, 4.69) is 10.3 Å². The minimum absolute atomic E-state index is 0.00787. The zero-order valence-corrected chi connectivity index (χ0v) is 10.9. The minimum Gasteiger partial charge on any atom is -0.480 e. The number of rotatable bonds is 7. The van der Waals surface area contributed by atoms with Crippen LogP contribution in [-0.2, 0) is 4.79 Å². The standard InChI is InChI=1S/C12H17N3O4/c1-3-4-5-9(12(16)17)14-11-10(15(18)19)8(2)6-7-13-11/h6-7,9H,3-5H2,1-2H3,(H,13,14)(H,16,17). The number of carboxylic acid groups (broad SMARTS) is 1. The van der Waals surface area contributed by atoms with Crippen LogP contribution in [0, 0.1) is 17.0 Å². The molecule has 7 heteroatoms. The maximum absolute atomic E-state index is 11.1. The van der Waals surface area contributed by atoms with Crippen LogP contribution in [0.3, 0.4) is 0 Å². The number of nitrogens with zero attached hydrogens (tertiary/aromatic N) is 2. The molecule has 1 aromatic heterocycles. The second-order valence-electron chi connectivity index (χ2n) is 4.26. The lowest BCUT2D eigenvalue weighted by molar-refractivity contribution is -0.384. The van der Waals surface area contributed by atoms with Crippen molar-refractivity contribution in [3.63, 3.8) is 0 Å². The van der Waals surface area contributed by atoms with Crippen LogP contribution in [0.5, 0.6) is 0 Å². The van der Waals surface area contributed by atoms with Gasteiger partial charge in [-0.3, -0.25) is 10.1 Å². The van der Waals surface area contributed by atoms with Crippen molar-refractivity contribution in [3.05, 3.63) is 27.9 Å². The first kappa shape index (κ1) is 14.9. The molecule has 1 unspecified atom stereocenters. The zero-order valence-electron chi connectivity index (χ0n) is 10.9. The number of nitro groups is 1. The smallest absolute Gasteiger partial charge is 0.326 e. The van der Waals surface area contributed by atoms with Gasteiger partial charge in [-0.15, -0.1) is 0 Å². The van der Waals surface area contributed by atoms with Crippen molar-refractivity contribution >= 4 is 17.5 Å². The van der Waals surface area contributed by atoms with Gasteiger partial charge < -0.3 is 10.4 Å². The van der Waals surface area contributed by atoms with Crippen molar-refractivity contribution in [3.8, 4) is 0 Å². The molecule has 0 aliphatic rings. The van der Waals surface area contributed by atoms with Gasteiger partial charge in [-0.05, 0) is 19.4 Å². The molecule has 19 heavy (non-hydrogen) atoms. The van der Waals surface area contributed by atoms with E-state index in [0.29, 0.717) is 12.0 Å². The van der Waals surface area contributed by atoms with Crippen LogP contribution in [0.15, 0.2) is 12.3 Å². The van der Waals surface area contributed by atoms with E-state index in [4.69, 9.17) is 5.11 Å². The van der Waals surface area contributed by atoms with Crippen molar-refractivity contribution < 1.29 is 14.8 Å². The molecule has 0 aromatic carbocycles. The quantitative estimate of drug-likeness (QED) is 0.580. The number of anilines is 1. The molecule has 0 bridgehead atoms. The Bertz CT molecular complexity index is 476. The number of nitrogens with one attached hydrogen (secondary N) is 1. The van der Waals surface area contributed by atoms with Gasteiger partial charge in [0.15, 0.2) is 0 Å². The molecule has 0 aliphatic carbocycles. The first-order chi connectivity index (χ1) is 8.97. The molecule has 2 N–H and O–H groups in total. The van der Waals surface area contributed by atoms with Crippen molar-refractivity contribution in [1.82, 2.24) is 4.98 Å². The van der Waals surface area contributed by atoms with E-state index in [1.54, 1.807) is 6.92 Å². The molecule has 104 valence electrons. The Balaban J connectivity index is 2.99. The van der Waals surface area contributed by atoms with Crippen LogP contribution >= 0.6 is 0 Å². The van der Waals surface area contributed by atoms with Crippen LogP contribution in [0.4, 0.5) is 11.5 Å². The maximum Gasteiger partial charge on any atom is 0.326 e. The Labute approximate surface area is 110 Å². The fraction of sp³-hybridized carbons (Fsp3) is 0.500. The highest BCUT2D eigenvalue weighted by atomic mass is 16.6. The van der Waals surface area contributed by atoms with Crippen LogP contribution < -0.4 is 5.32 Å². The number of unbranched alkanes of at least 4 members (excludes halogenated alkanes) is 1. The molecule has 1 rings (SSSR count). The Hall–Kier alpha value is -2.18. The van der Waals surface area contributed by atoms with E-state index < -0.39 is 16.9 Å². The number of pyridine rings is 1. The number of aromatic nitrogens is 1. The topological polar surface area (TPSA) is 105 Å². The predicted molar refractivity (Wildman–Crippen MR) is 70.2 cm³/mol. The third-order valence-electron chi connectivity index (χ3n) is 2.76. The summed E-state index contributed by atoms with van der Waals surface area (Å²) >= 11 is 0. The summed E-state index contributed by atoms with van der Waals surface area (Å²) in [6.07, 6.45) is 3.40. The lowest BCUT2D eigenvalue weighted by atomic mass is 10.1. The minimum atomic E-state index is -1.04. The van der Waals surface area contributed by atoms with Crippen LogP contribution in [0.25, 0.3) is 0 Å².